The van der Waals surface area contributed by atoms with Crippen LogP contribution in [-0.4, -0.2) is 21.7 Å². The molecule has 0 radical (unpaired) electrons. The Morgan fingerprint density at radius 2 is 1.88 bits per heavy atom. The van der Waals surface area contributed by atoms with Crippen LogP contribution in [0.15, 0.2) is 29.6 Å². The van der Waals surface area contributed by atoms with Crippen molar-refractivity contribution in [3.63, 3.8) is 0 Å². The van der Waals surface area contributed by atoms with E-state index in [0.29, 0.717) is 27.6 Å². The Balaban J connectivity index is 1.80. The average Bonchev–Trinajstić information content (AvgIpc) is 3.19. The highest BCUT2D eigenvalue weighted by Gasteiger charge is 2.20. The van der Waals surface area contributed by atoms with Crippen LogP contribution in [0.3, 0.4) is 0 Å². The average molecular weight is 367 g/mol. The number of benzene rings is 1. The SMILES string of the molecule is CCc1ccc(-c2csc(NC(=O)c3[nH]c(C)c(C(C)=O)c3C)n2)cc1. The molecule has 0 atom stereocenters. The summed E-state index contributed by atoms with van der Waals surface area (Å²) in [7, 11) is 0. The number of H-pyrrole nitrogens is 1. The summed E-state index contributed by atoms with van der Waals surface area (Å²) in [6.45, 7) is 7.19. The quantitative estimate of drug-likeness (QED) is 0.638. The molecule has 1 amide bonds. The molecule has 0 aliphatic rings. The summed E-state index contributed by atoms with van der Waals surface area (Å²) in [6.07, 6.45) is 0.996. The molecule has 6 heteroatoms. The van der Waals surface area contributed by atoms with Gasteiger partial charge in [-0.25, -0.2) is 4.98 Å². The molecule has 0 spiro atoms. The van der Waals surface area contributed by atoms with Crippen LogP contribution in [-0.2, 0) is 6.42 Å². The van der Waals surface area contributed by atoms with E-state index in [1.54, 1.807) is 13.8 Å². The van der Waals surface area contributed by atoms with Crippen LogP contribution in [0, 0.1) is 13.8 Å². The Morgan fingerprint density at radius 1 is 1.19 bits per heavy atom. The molecule has 2 aromatic heterocycles. The van der Waals surface area contributed by atoms with Gasteiger partial charge >= 0.3 is 0 Å². The van der Waals surface area contributed by atoms with Gasteiger partial charge in [0, 0.05) is 22.2 Å². The number of amides is 1. The molecule has 3 aromatic rings. The van der Waals surface area contributed by atoms with E-state index in [4.69, 9.17) is 0 Å². The number of nitrogens with one attached hydrogen (secondary N) is 2. The normalized spacial score (nSPS) is 10.8. The molecule has 0 unspecified atom stereocenters. The van der Waals surface area contributed by atoms with Gasteiger partial charge in [-0.3, -0.25) is 14.9 Å². The van der Waals surface area contributed by atoms with E-state index in [0.717, 1.165) is 17.7 Å². The molecule has 2 heterocycles. The minimum Gasteiger partial charge on any atom is -0.354 e. The van der Waals surface area contributed by atoms with Crippen LogP contribution < -0.4 is 5.32 Å². The highest BCUT2D eigenvalue weighted by atomic mass is 32.1. The molecule has 0 fully saturated rings. The lowest BCUT2D eigenvalue weighted by molar-refractivity contribution is 0.101. The van der Waals surface area contributed by atoms with E-state index in [1.165, 1.54) is 23.8 Å². The highest BCUT2D eigenvalue weighted by molar-refractivity contribution is 7.14. The molecule has 0 aliphatic carbocycles. The van der Waals surface area contributed by atoms with Gasteiger partial charge in [0.2, 0.25) is 0 Å². The number of carbonyl (C=O) groups excluding carboxylic acids is 2. The minimum absolute atomic E-state index is 0.0534. The Labute approximate surface area is 156 Å². The fraction of sp³-hybridized carbons (Fsp3) is 0.250. The number of aromatic amines is 1. The van der Waals surface area contributed by atoms with Crippen LogP contribution in [0.4, 0.5) is 5.13 Å². The second-order valence-electron chi connectivity index (χ2n) is 6.22. The molecule has 3 rings (SSSR count). The third kappa shape index (κ3) is 3.46. The molecule has 134 valence electrons. The summed E-state index contributed by atoms with van der Waals surface area (Å²) < 4.78 is 0. The second-order valence-corrected chi connectivity index (χ2v) is 7.08. The molecular formula is C20H21N3O2S. The van der Waals surface area contributed by atoms with Crippen LogP contribution in [0.2, 0.25) is 0 Å². The first-order valence-electron chi connectivity index (χ1n) is 8.47. The summed E-state index contributed by atoms with van der Waals surface area (Å²) >= 11 is 1.38. The molecule has 0 bridgehead atoms. The van der Waals surface area contributed by atoms with Crippen LogP contribution in [0.1, 0.15) is 51.5 Å². The van der Waals surface area contributed by atoms with Crippen LogP contribution in [0.5, 0.6) is 0 Å². The summed E-state index contributed by atoms with van der Waals surface area (Å²) in [5, 5.41) is 5.27. The molecule has 0 saturated carbocycles. The van der Waals surface area contributed by atoms with Crippen molar-refractivity contribution in [2.75, 3.05) is 5.32 Å². The predicted octanol–water partition coefficient (Wildman–Crippen LogP) is 4.77. The Bertz CT molecular complexity index is 968. The molecule has 1 aromatic carbocycles. The van der Waals surface area contributed by atoms with Crippen molar-refractivity contribution in [1.82, 2.24) is 9.97 Å². The monoisotopic (exact) mass is 367 g/mol. The number of rotatable bonds is 5. The van der Waals surface area contributed by atoms with E-state index in [9.17, 15) is 9.59 Å². The van der Waals surface area contributed by atoms with Gasteiger partial charge in [-0.1, -0.05) is 31.2 Å². The number of anilines is 1. The third-order valence-electron chi connectivity index (χ3n) is 4.40. The van der Waals surface area contributed by atoms with Gasteiger partial charge in [0.15, 0.2) is 10.9 Å². The van der Waals surface area contributed by atoms with E-state index >= 15 is 0 Å². The topological polar surface area (TPSA) is 74.8 Å². The van der Waals surface area contributed by atoms with Gasteiger partial charge in [-0.15, -0.1) is 11.3 Å². The van der Waals surface area contributed by atoms with Gasteiger partial charge in [0.25, 0.3) is 5.91 Å². The predicted molar refractivity (Wildman–Crippen MR) is 105 cm³/mol. The lowest BCUT2D eigenvalue weighted by Gasteiger charge is -2.02. The number of ketones is 1. The van der Waals surface area contributed by atoms with Crippen molar-refractivity contribution in [2.45, 2.75) is 34.1 Å². The maximum atomic E-state index is 12.6. The number of aromatic nitrogens is 2. The van der Waals surface area contributed by atoms with Gasteiger partial charge < -0.3 is 4.98 Å². The zero-order chi connectivity index (χ0) is 18.8. The first-order chi connectivity index (χ1) is 12.4. The summed E-state index contributed by atoms with van der Waals surface area (Å²) in [5.41, 5.74) is 5.47. The Morgan fingerprint density at radius 3 is 2.46 bits per heavy atom. The smallest absolute Gasteiger partial charge is 0.274 e. The minimum atomic E-state index is -0.291. The largest absolute Gasteiger partial charge is 0.354 e. The molecular weight excluding hydrogens is 346 g/mol. The number of aryl methyl sites for hydroxylation is 2. The molecule has 26 heavy (non-hydrogen) atoms. The lowest BCUT2D eigenvalue weighted by Crippen LogP contribution is -2.13. The molecule has 5 nitrogen and oxygen atoms in total. The van der Waals surface area contributed by atoms with Gasteiger partial charge in [-0.2, -0.15) is 0 Å². The van der Waals surface area contributed by atoms with Gasteiger partial charge in [0.05, 0.1) is 5.69 Å². The van der Waals surface area contributed by atoms with Gasteiger partial charge in [0.1, 0.15) is 5.69 Å². The zero-order valence-electron chi connectivity index (χ0n) is 15.3. The highest BCUT2D eigenvalue weighted by Crippen LogP contribution is 2.26. The third-order valence-corrected chi connectivity index (χ3v) is 5.16. The fourth-order valence-electron chi connectivity index (χ4n) is 3.04. The van der Waals surface area contributed by atoms with Crippen molar-refractivity contribution in [3.05, 3.63) is 57.7 Å². The first kappa shape index (κ1) is 18.1. The number of carbonyl (C=O) groups is 2. The molecule has 2 N–H and O–H groups in total. The van der Waals surface area contributed by atoms with Gasteiger partial charge in [-0.05, 0) is 38.3 Å². The van der Waals surface area contributed by atoms with E-state index < -0.39 is 0 Å². The molecule has 0 aliphatic heterocycles. The summed E-state index contributed by atoms with van der Waals surface area (Å²) in [6, 6.07) is 8.25. The van der Waals surface area contributed by atoms with Crippen LogP contribution >= 0.6 is 11.3 Å². The Kier molecular flexibility index (Phi) is 5.04. The van der Waals surface area contributed by atoms with E-state index in [1.807, 2.05) is 17.5 Å². The fourth-order valence-corrected chi connectivity index (χ4v) is 3.75. The first-order valence-corrected chi connectivity index (χ1v) is 9.35. The second kappa shape index (κ2) is 7.25. The number of hydrogen-bond acceptors (Lipinski definition) is 4. The number of Topliss-reactive ketones (excluding diaryl/α,β-unsaturated/α-hetero) is 1. The standard InChI is InChI=1S/C20H21N3O2S/c1-5-14-6-8-15(9-7-14)16-10-26-20(22-16)23-19(25)18-11(2)17(13(4)24)12(3)21-18/h6-10,21H,5H2,1-4H3,(H,22,23,25). The van der Waals surface area contributed by atoms with Crippen molar-refractivity contribution in [2.24, 2.45) is 0 Å². The van der Waals surface area contributed by atoms with E-state index in [-0.39, 0.29) is 11.7 Å². The number of thiazole rings is 1. The molecule has 0 saturated heterocycles. The zero-order valence-corrected chi connectivity index (χ0v) is 16.1. The van der Waals surface area contributed by atoms with Crippen LogP contribution in [0.25, 0.3) is 11.3 Å². The Hall–Kier alpha value is -2.73. The maximum absolute atomic E-state index is 12.6. The summed E-state index contributed by atoms with van der Waals surface area (Å²) in [4.78, 5) is 31.8. The van der Waals surface area contributed by atoms with Crippen molar-refractivity contribution in [3.8, 4) is 11.3 Å². The van der Waals surface area contributed by atoms with Crippen molar-refractivity contribution in [1.29, 1.82) is 0 Å². The lowest BCUT2D eigenvalue weighted by atomic mass is 10.1. The van der Waals surface area contributed by atoms with Crippen molar-refractivity contribution < 1.29 is 9.59 Å². The summed E-state index contributed by atoms with van der Waals surface area (Å²) in [5.74, 6) is -0.345. The van der Waals surface area contributed by atoms with E-state index in [2.05, 4.69) is 34.3 Å². The number of hydrogen-bond donors (Lipinski definition) is 2. The van der Waals surface area contributed by atoms with Crippen molar-refractivity contribution >= 4 is 28.2 Å². The number of nitrogens with zero attached hydrogens (tertiary/aromatic N) is 1. The maximum Gasteiger partial charge on any atom is 0.274 e.